The second kappa shape index (κ2) is 4.10. The molecule has 2 N–H and O–H groups in total. The molecule has 0 saturated carbocycles. The van der Waals surface area contributed by atoms with Crippen LogP contribution in [0.1, 0.15) is 5.56 Å². The summed E-state index contributed by atoms with van der Waals surface area (Å²) in [5.74, 6) is 0.711. The molecule has 3 aromatic rings. The van der Waals surface area contributed by atoms with Gasteiger partial charge in [-0.05, 0) is 23.7 Å². The van der Waals surface area contributed by atoms with Crippen molar-refractivity contribution in [3.8, 4) is 0 Å². The summed E-state index contributed by atoms with van der Waals surface area (Å²) < 4.78 is 4.99. The first-order valence-electron chi connectivity index (χ1n) is 5.08. The number of fused-ring (bicyclic) bond motifs is 1. The van der Waals surface area contributed by atoms with Crippen molar-refractivity contribution < 1.29 is 4.42 Å². The molecular formula is C11H9ClN4O. The molecule has 0 spiro atoms. The number of aromatic amines is 1. The molecule has 5 nitrogen and oxygen atoms in total. The SMILES string of the molecule is Clc1nc(NCc2ccoc2)c2cc[nH]c2n1. The third-order valence-corrected chi connectivity index (χ3v) is 2.60. The summed E-state index contributed by atoms with van der Waals surface area (Å²) in [6.07, 6.45) is 5.12. The van der Waals surface area contributed by atoms with Crippen LogP contribution in [0.3, 0.4) is 0 Å². The van der Waals surface area contributed by atoms with E-state index in [1.165, 1.54) is 0 Å². The number of aromatic nitrogens is 3. The van der Waals surface area contributed by atoms with E-state index in [0.717, 1.165) is 16.6 Å². The van der Waals surface area contributed by atoms with E-state index in [-0.39, 0.29) is 5.28 Å². The number of halogens is 1. The topological polar surface area (TPSA) is 66.7 Å². The van der Waals surface area contributed by atoms with Crippen molar-refractivity contribution in [3.05, 3.63) is 41.7 Å². The second-order valence-electron chi connectivity index (χ2n) is 3.57. The van der Waals surface area contributed by atoms with E-state index in [0.29, 0.717) is 12.4 Å². The number of anilines is 1. The summed E-state index contributed by atoms with van der Waals surface area (Å²) in [6, 6.07) is 3.80. The highest BCUT2D eigenvalue weighted by molar-refractivity contribution is 6.28. The van der Waals surface area contributed by atoms with Gasteiger partial charge in [0.25, 0.3) is 0 Å². The summed E-state index contributed by atoms with van der Waals surface area (Å²) in [4.78, 5) is 11.2. The number of nitrogens with one attached hydrogen (secondary N) is 2. The van der Waals surface area contributed by atoms with Crippen LogP contribution in [0.4, 0.5) is 5.82 Å². The van der Waals surface area contributed by atoms with E-state index in [1.807, 2.05) is 12.1 Å². The highest BCUT2D eigenvalue weighted by Gasteiger charge is 2.07. The van der Waals surface area contributed by atoms with Crippen LogP contribution < -0.4 is 5.32 Å². The summed E-state index contributed by atoms with van der Waals surface area (Å²) in [5.41, 5.74) is 1.77. The Morgan fingerprint density at radius 2 is 2.29 bits per heavy atom. The van der Waals surface area contributed by atoms with Gasteiger partial charge in [-0.15, -0.1) is 0 Å². The first-order chi connectivity index (χ1) is 8.33. The lowest BCUT2D eigenvalue weighted by atomic mass is 10.3. The monoisotopic (exact) mass is 248 g/mol. The van der Waals surface area contributed by atoms with E-state index in [2.05, 4.69) is 20.3 Å². The fourth-order valence-electron chi connectivity index (χ4n) is 1.63. The van der Waals surface area contributed by atoms with Gasteiger partial charge >= 0.3 is 0 Å². The summed E-state index contributed by atoms with van der Waals surface area (Å²) in [5, 5.41) is 4.33. The van der Waals surface area contributed by atoms with Gasteiger partial charge in [0, 0.05) is 18.3 Å². The molecule has 0 amide bonds. The van der Waals surface area contributed by atoms with Crippen molar-refractivity contribution in [1.82, 2.24) is 15.0 Å². The lowest BCUT2D eigenvalue weighted by Gasteiger charge is -2.05. The molecule has 0 saturated heterocycles. The summed E-state index contributed by atoms with van der Waals surface area (Å²) >= 11 is 5.84. The Labute approximate surface area is 102 Å². The third-order valence-electron chi connectivity index (χ3n) is 2.43. The first kappa shape index (κ1) is 10.2. The van der Waals surface area contributed by atoms with Gasteiger partial charge in [0.05, 0.1) is 17.9 Å². The van der Waals surface area contributed by atoms with Gasteiger partial charge in [0.15, 0.2) is 0 Å². The normalized spacial score (nSPS) is 10.9. The maximum absolute atomic E-state index is 5.84. The van der Waals surface area contributed by atoms with Gasteiger partial charge in [-0.3, -0.25) is 0 Å². The fraction of sp³-hybridized carbons (Fsp3) is 0.0909. The minimum Gasteiger partial charge on any atom is -0.472 e. The smallest absolute Gasteiger partial charge is 0.226 e. The standard InChI is InChI=1S/C11H9ClN4O/c12-11-15-9-8(1-3-13-9)10(16-11)14-5-7-2-4-17-6-7/h1-4,6H,5H2,(H2,13,14,15,16). The molecule has 0 bridgehead atoms. The van der Waals surface area contributed by atoms with Crippen molar-refractivity contribution in [2.45, 2.75) is 6.54 Å². The van der Waals surface area contributed by atoms with E-state index in [1.54, 1.807) is 18.7 Å². The predicted octanol–water partition coefficient (Wildman–Crippen LogP) is 2.82. The Hall–Kier alpha value is -2.01. The van der Waals surface area contributed by atoms with Gasteiger partial charge in [0.2, 0.25) is 5.28 Å². The lowest BCUT2D eigenvalue weighted by Crippen LogP contribution is -2.01. The van der Waals surface area contributed by atoms with Gasteiger partial charge in [-0.1, -0.05) is 0 Å². The van der Waals surface area contributed by atoms with Crippen LogP contribution in [0.25, 0.3) is 11.0 Å². The van der Waals surface area contributed by atoms with E-state index in [4.69, 9.17) is 16.0 Å². The number of H-pyrrole nitrogens is 1. The van der Waals surface area contributed by atoms with Crippen LogP contribution in [0, 0.1) is 0 Å². The molecule has 3 aromatic heterocycles. The van der Waals surface area contributed by atoms with Crippen molar-refractivity contribution in [3.63, 3.8) is 0 Å². The molecule has 6 heteroatoms. The molecule has 3 heterocycles. The second-order valence-corrected chi connectivity index (χ2v) is 3.90. The molecule has 17 heavy (non-hydrogen) atoms. The van der Waals surface area contributed by atoms with E-state index < -0.39 is 0 Å². The van der Waals surface area contributed by atoms with Crippen LogP contribution in [-0.2, 0) is 6.54 Å². The quantitative estimate of drug-likeness (QED) is 0.700. The van der Waals surface area contributed by atoms with Crippen LogP contribution in [0.5, 0.6) is 0 Å². The zero-order valence-corrected chi connectivity index (χ0v) is 9.53. The lowest BCUT2D eigenvalue weighted by molar-refractivity contribution is 0.564. The molecule has 0 fully saturated rings. The Morgan fingerprint density at radius 1 is 1.35 bits per heavy atom. The van der Waals surface area contributed by atoms with Crippen molar-refractivity contribution in [2.24, 2.45) is 0 Å². The van der Waals surface area contributed by atoms with E-state index in [9.17, 15) is 0 Å². The molecule has 0 aliphatic heterocycles. The number of hydrogen-bond acceptors (Lipinski definition) is 4. The van der Waals surface area contributed by atoms with Crippen LogP contribution in [-0.4, -0.2) is 15.0 Å². The average molecular weight is 249 g/mol. The van der Waals surface area contributed by atoms with Crippen molar-refractivity contribution >= 4 is 28.5 Å². The summed E-state index contributed by atoms with van der Waals surface area (Å²) in [6.45, 7) is 0.629. The van der Waals surface area contributed by atoms with Crippen LogP contribution in [0.15, 0.2) is 35.3 Å². The first-order valence-corrected chi connectivity index (χ1v) is 5.46. The maximum Gasteiger partial charge on any atom is 0.226 e. The number of furan rings is 1. The molecule has 3 rings (SSSR count). The molecule has 0 radical (unpaired) electrons. The minimum atomic E-state index is 0.217. The van der Waals surface area contributed by atoms with Gasteiger partial charge in [0.1, 0.15) is 11.5 Å². The molecule has 0 aliphatic carbocycles. The molecule has 0 aliphatic rings. The Morgan fingerprint density at radius 3 is 3.12 bits per heavy atom. The predicted molar refractivity (Wildman–Crippen MR) is 64.9 cm³/mol. The number of nitrogens with zero attached hydrogens (tertiary/aromatic N) is 2. The average Bonchev–Trinajstić information content (AvgIpc) is 2.95. The fourth-order valence-corrected chi connectivity index (χ4v) is 1.80. The highest BCUT2D eigenvalue weighted by atomic mass is 35.5. The summed E-state index contributed by atoms with van der Waals surface area (Å²) in [7, 11) is 0. The molecule has 0 aromatic carbocycles. The van der Waals surface area contributed by atoms with Crippen molar-refractivity contribution in [1.29, 1.82) is 0 Å². The van der Waals surface area contributed by atoms with E-state index >= 15 is 0 Å². The van der Waals surface area contributed by atoms with Crippen LogP contribution >= 0.6 is 11.6 Å². The Bertz CT molecular complexity index is 632. The highest BCUT2D eigenvalue weighted by Crippen LogP contribution is 2.21. The molecular weight excluding hydrogens is 240 g/mol. The van der Waals surface area contributed by atoms with Gasteiger partial charge < -0.3 is 14.7 Å². The number of hydrogen-bond donors (Lipinski definition) is 2. The largest absolute Gasteiger partial charge is 0.472 e. The minimum absolute atomic E-state index is 0.217. The zero-order valence-electron chi connectivity index (χ0n) is 8.77. The van der Waals surface area contributed by atoms with Crippen LogP contribution in [0.2, 0.25) is 5.28 Å². The molecule has 0 atom stereocenters. The van der Waals surface area contributed by atoms with Gasteiger partial charge in [-0.25, -0.2) is 4.98 Å². The maximum atomic E-state index is 5.84. The Balaban J connectivity index is 1.91. The Kier molecular flexibility index (Phi) is 2.45. The third kappa shape index (κ3) is 1.97. The zero-order chi connectivity index (χ0) is 11.7. The van der Waals surface area contributed by atoms with Gasteiger partial charge in [-0.2, -0.15) is 4.98 Å². The number of rotatable bonds is 3. The molecule has 0 unspecified atom stereocenters. The van der Waals surface area contributed by atoms with Crippen molar-refractivity contribution in [2.75, 3.05) is 5.32 Å². The molecule has 86 valence electrons.